The number of hydrogen-bond donors (Lipinski definition) is 2. The Hall–Kier alpha value is -0.280. The van der Waals surface area contributed by atoms with E-state index in [2.05, 4.69) is 0 Å². The fraction of sp³-hybridized carbons (Fsp3) is 0.333. The van der Waals surface area contributed by atoms with Crippen LogP contribution in [-0.2, 0) is 0 Å². The van der Waals surface area contributed by atoms with E-state index < -0.39 is 0 Å². The van der Waals surface area contributed by atoms with Gasteiger partial charge in [0.25, 0.3) is 0 Å². The molecule has 1 rings (SSSR count). The average Bonchev–Trinajstić information content (AvgIpc) is 2.07. The molecule has 0 aromatic heterocycles. The van der Waals surface area contributed by atoms with Gasteiger partial charge in [-0.2, -0.15) is 0 Å². The molecular formula is C9H13Cl2NO. The molecule has 0 saturated heterocycles. The van der Waals surface area contributed by atoms with E-state index in [-0.39, 0.29) is 24.9 Å². The Labute approximate surface area is 89.1 Å². The molecule has 0 bridgehead atoms. The first kappa shape index (κ1) is 12.7. The van der Waals surface area contributed by atoms with Crippen LogP contribution in [0.15, 0.2) is 24.3 Å². The predicted molar refractivity (Wildman–Crippen MR) is 57.6 cm³/mol. The van der Waals surface area contributed by atoms with Crippen molar-refractivity contribution in [1.29, 1.82) is 0 Å². The van der Waals surface area contributed by atoms with E-state index in [1.165, 1.54) is 0 Å². The minimum absolute atomic E-state index is 0. The van der Waals surface area contributed by atoms with Crippen LogP contribution in [0.25, 0.3) is 0 Å². The monoisotopic (exact) mass is 221 g/mol. The maximum Gasteiger partial charge on any atom is 0.0511 e. The summed E-state index contributed by atoms with van der Waals surface area (Å²) >= 11 is 5.78. The summed E-state index contributed by atoms with van der Waals surface area (Å²) in [7, 11) is 0. The lowest BCUT2D eigenvalue weighted by Gasteiger charge is -2.11. The number of halogens is 2. The minimum atomic E-state index is 0. The largest absolute Gasteiger partial charge is 0.396 e. The smallest absolute Gasteiger partial charge is 0.0511 e. The molecule has 0 aliphatic heterocycles. The van der Waals surface area contributed by atoms with Crippen LogP contribution in [0.1, 0.15) is 11.5 Å². The standard InChI is InChI=1S/C9H12ClNO.ClH/c10-9-3-1-2-7(4-9)8(5-11)6-12;/h1-4,8,12H,5-6,11H2;1H/t8-;/m0./s1. The zero-order valence-corrected chi connectivity index (χ0v) is 8.68. The molecule has 0 saturated carbocycles. The van der Waals surface area contributed by atoms with Gasteiger partial charge in [0.15, 0.2) is 0 Å². The number of rotatable bonds is 3. The molecule has 0 unspecified atom stereocenters. The number of hydrogen-bond acceptors (Lipinski definition) is 2. The van der Waals surface area contributed by atoms with Gasteiger partial charge in [0, 0.05) is 17.5 Å². The Bertz CT molecular complexity index is 251. The van der Waals surface area contributed by atoms with Crippen LogP contribution < -0.4 is 5.73 Å². The molecule has 74 valence electrons. The lowest BCUT2D eigenvalue weighted by atomic mass is 10.0. The third-order valence-electron chi connectivity index (χ3n) is 1.82. The van der Waals surface area contributed by atoms with Crippen molar-refractivity contribution in [2.24, 2.45) is 5.73 Å². The van der Waals surface area contributed by atoms with Crippen molar-refractivity contribution in [3.8, 4) is 0 Å². The van der Waals surface area contributed by atoms with Crippen molar-refractivity contribution in [1.82, 2.24) is 0 Å². The van der Waals surface area contributed by atoms with Crippen LogP contribution in [0.5, 0.6) is 0 Å². The van der Waals surface area contributed by atoms with Gasteiger partial charge in [-0.25, -0.2) is 0 Å². The van der Waals surface area contributed by atoms with Gasteiger partial charge >= 0.3 is 0 Å². The van der Waals surface area contributed by atoms with E-state index in [0.29, 0.717) is 11.6 Å². The molecule has 0 fully saturated rings. The van der Waals surface area contributed by atoms with Crippen LogP contribution in [0.2, 0.25) is 5.02 Å². The molecule has 0 aliphatic carbocycles. The Kier molecular flexibility index (Phi) is 6.08. The summed E-state index contributed by atoms with van der Waals surface area (Å²) in [6.07, 6.45) is 0. The second-order valence-electron chi connectivity index (χ2n) is 2.67. The summed E-state index contributed by atoms with van der Waals surface area (Å²) in [5.74, 6) is 0.00343. The van der Waals surface area contributed by atoms with E-state index in [0.717, 1.165) is 5.56 Å². The highest BCUT2D eigenvalue weighted by atomic mass is 35.5. The summed E-state index contributed by atoms with van der Waals surface area (Å²) < 4.78 is 0. The van der Waals surface area contributed by atoms with E-state index in [1.807, 2.05) is 18.2 Å². The number of aliphatic hydroxyl groups excluding tert-OH is 1. The molecule has 4 heteroatoms. The summed E-state index contributed by atoms with van der Waals surface area (Å²) in [4.78, 5) is 0. The van der Waals surface area contributed by atoms with Crippen molar-refractivity contribution < 1.29 is 5.11 Å². The van der Waals surface area contributed by atoms with Crippen LogP contribution in [0.4, 0.5) is 0 Å². The van der Waals surface area contributed by atoms with Crippen LogP contribution in [-0.4, -0.2) is 18.3 Å². The van der Waals surface area contributed by atoms with Gasteiger partial charge in [-0.15, -0.1) is 12.4 Å². The maximum absolute atomic E-state index is 8.95. The van der Waals surface area contributed by atoms with Crippen LogP contribution in [0, 0.1) is 0 Å². The fourth-order valence-electron chi connectivity index (χ4n) is 1.08. The topological polar surface area (TPSA) is 46.2 Å². The lowest BCUT2D eigenvalue weighted by molar-refractivity contribution is 0.268. The average molecular weight is 222 g/mol. The molecule has 0 aliphatic rings. The summed E-state index contributed by atoms with van der Waals surface area (Å²) in [6.45, 7) is 0.508. The van der Waals surface area contributed by atoms with Crippen molar-refractivity contribution in [3.05, 3.63) is 34.9 Å². The molecule has 3 N–H and O–H groups in total. The van der Waals surface area contributed by atoms with Gasteiger partial charge < -0.3 is 10.8 Å². The van der Waals surface area contributed by atoms with E-state index in [4.69, 9.17) is 22.4 Å². The Morgan fingerprint density at radius 2 is 2.15 bits per heavy atom. The first-order valence-electron chi connectivity index (χ1n) is 3.84. The number of nitrogens with two attached hydrogens (primary N) is 1. The predicted octanol–water partition coefficient (Wildman–Crippen LogP) is 1.80. The highest BCUT2D eigenvalue weighted by Gasteiger charge is 2.07. The fourth-order valence-corrected chi connectivity index (χ4v) is 1.28. The first-order chi connectivity index (χ1) is 5.77. The SMILES string of the molecule is Cl.NC[C@@H](CO)c1cccc(Cl)c1. The highest BCUT2D eigenvalue weighted by Crippen LogP contribution is 2.18. The molecule has 1 atom stereocenters. The zero-order chi connectivity index (χ0) is 8.97. The number of aliphatic hydroxyl groups is 1. The van der Waals surface area contributed by atoms with Gasteiger partial charge in [0.05, 0.1) is 6.61 Å². The quantitative estimate of drug-likeness (QED) is 0.818. The Balaban J connectivity index is 0.00000144. The Morgan fingerprint density at radius 1 is 1.46 bits per heavy atom. The lowest BCUT2D eigenvalue weighted by Crippen LogP contribution is -2.15. The maximum atomic E-state index is 8.95. The van der Waals surface area contributed by atoms with Gasteiger partial charge in [0.2, 0.25) is 0 Å². The van der Waals surface area contributed by atoms with Crippen molar-refractivity contribution in [2.75, 3.05) is 13.2 Å². The van der Waals surface area contributed by atoms with Crippen molar-refractivity contribution >= 4 is 24.0 Å². The molecule has 0 heterocycles. The molecule has 2 nitrogen and oxygen atoms in total. The molecule has 1 aromatic rings. The summed E-state index contributed by atoms with van der Waals surface area (Å²) in [6, 6.07) is 7.40. The molecular weight excluding hydrogens is 209 g/mol. The molecule has 13 heavy (non-hydrogen) atoms. The summed E-state index contributed by atoms with van der Waals surface area (Å²) in [5.41, 5.74) is 6.46. The first-order valence-corrected chi connectivity index (χ1v) is 4.22. The van der Waals surface area contributed by atoms with Gasteiger partial charge in [-0.1, -0.05) is 23.7 Å². The molecule has 0 radical (unpaired) electrons. The third kappa shape index (κ3) is 3.53. The molecule has 1 aromatic carbocycles. The molecule has 0 amide bonds. The van der Waals surface area contributed by atoms with Gasteiger partial charge in [-0.3, -0.25) is 0 Å². The van der Waals surface area contributed by atoms with Gasteiger partial charge in [0.1, 0.15) is 0 Å². The van der Waals surface area contributed by atoms with Gasteiger partial charge in [-0.05, 0) is 17.7 Å². The van der Waals surface area contributed by atoms with Crippen molar-refractivity contribution in [3.63, 3.8) is 0 Å². The third-order valence-corrected chi connectivity index (χ3v) is 2.06. The number of benzene rings is 1. The van der Waals surface area contributed by atoms with Crippen LogP contribution >= 0.6 is 24.0 Å². The highest BCUT2D eigenvalue weighted by molar-refractivity contribution is 6.30. The normalized spacial score (nSPS) is 11.9. The van der Waals surface area contributed by atoms with Crippen molar-refractivity contribution in [2.45, 2.75) is 5.92 Å². The second-order valence-corrected chi connectivity index (χ2v) is 3.11. The van der Waals surface area contributed by atoms with E-state index in [9.17, 15) is 0 Å². The Morgan fingerprint density at radius 3 is 2.62 bits per heavy atom. The summed E-state index contributed by atoms with van der Waals surface area (Å²) in [5, 5.41) is 9.63. The van der Waals surface area contributed by atoms with Crippen LogP contribution in [0.3, 0.4) is 0 Å². The zero-order valence-electron chi connectivity index (χ0n) is 7.11. The van der Waals surface area contributed by atoms with E-state index in [1.54, 1.807) is 6.07 Å². The second kappa shape index (κ2) is 6.22. The molecule has 0 spiro atoms. The van der Waals surface area contributed by atoms with E-state index >= 15 is 0 Å². The minimum Gasteiger partial charge on any atom is -0.396 e.